The fourth-order valence-electron chi connectivity index (χ4n) is 2.80. The summed E-state index contributed by atoms with van der Waals surface area (Å²) in [5.41, 5.74) is 0.616. The van der Waals surface area contributed by atoms with Crippen LogP contribution >= 0.6 is 0 Å². The number of carbonyl (C=O) groups excluding carboxylic acids is 1. The summed E-state index contributed by atoms with van der Waals surface area (Å²) >= 11 is 0. The summed E-state index contributed by atoms with van der Waals surface area (Å²) in [6.07, 6.45) is 2.29. The zero-order chi connectivity index (χ0) is 16.7. The van der Waals surface area contributed by atoms with Gasteiger partial charge in [0, 0.05) is 12.1 Å². The van der Waals surface area contributed by atoms with E-state index >= 15 is 0 Å². The number of rotatable bonds is 7. The van der Waals surface area contributed by atoms with Crippen molar-refractivity contribution >= 4 is 5.91 Å². The van der Waals surface area contributed by atoms with Gasteiger partial charge in [0.2, 0.25) is 0 Å². The average molecular weight is 320 g/mol. The summed E-state index contributed by atoms with van der Waals surface area (Å²) in [5, 5.41) is 3.05. The first-order valence-corrected chi connectivity index (χ1v) is 8.50. The standard InChI is InChI=1S/C18H28N2O3/c1-4-22-16-7-6-15(12-17(16)23-5-2)18(21)19-13-14-8-10-20(3)11-9-14/h6-7,12,14H,4-5,8-11,13H2,1-3H3,(H,19,21). The second kappa shape index (κ2) is 8.77. The molecular formula is C18H28N2O3. The predicted octanol–water partition coefficient (Wildman–Crippen LogP) is 2.56. The van der Waals surface area contributed by atoms with Crippen LogP contribution < -0.4 is 14.8 Å². The number of likely N-dealkylation sites (tertiary alicyclic amines) is 1. The normalized spacial score (nSPS) is 16.1. The summed E-state index contributed by atoms with van der Waals surface area (Å²) in [6, 6.07) is 5.36. The van der Waals surface area contributed by atoms with Gasteiger partial charge in [0.15, 0.2) is 11.5 Å². The van der Waals surface area contributed by atoms with E-state index in [-0.39, 0.29) is 5.91 Å². The van der Waals surface area contributed by atoms with Crippen molar-refractivity contribution < 1.29 is 14.3 Å². The lowest BCUT2D eigenvalue weighted by Crippen LogP contribution is -2.36. The fourth-order valence-corrected chi connectivity index (χ4v) is 2.80. The minimum absolute atomic E-state index is 0.0482. The van der Waals surface area contributed by atoms with Gasteiger partial charge in [0.25, 0.3) is 5.91 Å². The highest BCUT2D eigenvalue weighted by Gasteiger charge is 2.18. The second-order valence-corrected chi connectivity index (χ2v) is 5.98. The first kappa shape index (κ1) is 17.6. The molecule has 0 radical (unpaired) electrons. The Balaban J connectivity index is 1.94. The summed E-state index contributed by atoms with van der Waals surface area (Å²) in [5.74, 6) is 1.83. The van der Waals surface area contributed by atoms with Gasteiger partial charge >= 0.3 is 0 Å². The molecule has 0 unspecified atom stereocenters. The zero-order valence-corrected chi connectivity index (χ0v) is 14.4. The monoisotopic (exact) mass is 320 g/mol. The number of hydrogen-bond donors (Lipinski definition) is 1. The average Bonchev–Trinajstić information content (AvgIpc) is 2.56. The van der Waals surface area contributed by atoms with Crippen LogP contribution in [0.3, 0.4) is 0 Å². The lowest BCUT2D eigenvalue weighted by molar-refractivity contribution is 0.0938. The molecule has 5 heteroatoms. The number of carbonyl (C=O) groups is 1. The van der Waals surface area contributed by atoms with Crippen LogP contribution in [0.2, 0.25) is 0 Å². The summed E-state index contributed by atoms with van der Waals surface area (Å²) in [7, 11) is 2.14. The van der Waals surface area contributed by atoms with E-state index in [1.807, 2.05) is 13.8 Å². The highest BCUT2D eigenvalue weighted by molar-refractivity contribution is 5.94. The van der Waals surface area contributed by atoms with Gasteiger partial charge < -0.3 is 19.7 Å². The van der Waals surface area contributed by atoms with Gasteiger partial charge in [-0.05, 0) is 70.9 Å². The van der Waals surface area contributed by atoms with E-state index < -0.39 is 0 Å². The summed E-state index contributed by atoms with van der Waals surface area (Å²) < 4.78 is 11.1. The lowest BCUT2D eigenvalue weighted by Gasteiger charge is -2.28. The number of piperidine rings is 1. The van der Waals surface area contributed by atoms with E-state index in [4.69, 9.17) is 9.47 Å². The van der Waals surface area contributed by atoms with Crippen molar-refractivity contribution in [2.24, 2.45) is 5.92 Å². The molecule has 0 bridgehead atoms. The molecule has 1 heterocycles. The molecule has 128 valence electrons. The summed E-state index contributed by atoms with van der Waals surface area (Å²) in [4.78, 5) is 14.7. The third kappa shape index (κ3) is 5.13. The second-order valence-electron chi connectivity index (χ2n) is 5.98. The molecule has 0 atom stereocenters. The van der Waals surface area contributed by atoms with Crippen LogP contribution in [-0.2, 0) is 0 Å². The van der Waals surface area contributed by atoms with Crippen molar-refractivity contribution in [3.63, 3.8) is 0 Å². The van der Waals surface area contributed by atoms with Crippen molar-refractivity contribution in [3.8, 4) is 11.5 Å². The molecule has 1 saturated heterocycles. The minimum Gasteiger partial charge on any atom is -0.490 e. The molecule has 0 aromatic heterocycles. The van der Waals surface area contributed by atoms with Gasteiger partial charge in [-0.15, -0.1) is 0 Å². The zero-order valence-electron chi connectivity index (χ0n) is 14.4. The Morgan fingerprint density at radius 1 is 1.17 bits per heavy atom. The van der Waals surface area contributed by atoms with E-state index in [0.29, 0.717) is 36.2 Å². The van der Waals surface area contributed by atoms with Gasteiger partial charge in [-0.2, -0.15) is 0 Å². The molecule has 0 spiro atoms. The van der Waals surface area contributed by atoms with Crippen molar-refractivity contribution in [2.75, 3.05) is 39.9 Å². The number of amides is 1. The largest absolute Gasteiger partial charge is 0.490 e. The Bertz CT molecular complexity index is 511. The third-order valence-electron chi connectivity index (χ3n) is 4.20. The Morgan fingerprint density at radius 3 is 2.48 bits per heavy atom. The van der Waals surface area contributed by atoms with Crippen LogP contribution in [0.4, 0.5) is 0 Å². The van der Waals surface area contributed by atoms with Gasteiger partial charge in [0.05, 0.1) is 13.2 Å². The fraction of sp³-hybridized carbons (Fsp3) is 0.611. The number of hydrogen-bond acceptors (Lipinski definition) is 4. The van der Waals surface area contributed by atoms with Crippen molar-refractivity contribution in [2.45, 2.75) is 26.7 Å². The molecule has 5 nitrogen and oxygen atoms in total. The van der Waals surface area contributed by atoms with Crippen LogP contribution in [0.25, 0.3) is 0 Å². The first-order chi connectivity index (χ1) is 11.1. The van der Waals surface area contributed by atoms with Crippen molar-refractivity contribution in [1.82, 2.24) is 10.2 Å². The Kier molecular flexibility index (Phi) is 6.71. The van der Waals surface area contributed by atoms with Crippen LogP contribution in [0.5, 0.6) is 11.5 Å². The van der Waals surface area contributed by atoms with E-state index in [2.05, 4.69) is 17.3 Å². The van der Waals surface area contributed by atoms with Crippen LogP contribution in [-0.4, -0.2) is 50.7 Å². The maximum atomic E-state index is 12.4. The van der Waals surface area contributed by atoms with Crippen LogP contribution in [0.1, 0.15) is 37.0 Å². The lowest BCUT2D eigenvalue weighted by atomic mass is 9.97. The molecule has 0 aliphatic carbocycles. The SMILES string of the molecule is CCOc1ccc(C(=O)NCC2CCN(C)CC2)cc1OCC. The molecular weight excluding hydrogens is 292 g/mol. The third-order valence-corrected chi connectivity index (χ3v) is 4.20. The number of nitrogens with zero attached hydrogens (tertiary/aromatic N) is 1. The number of nitrogens with one attached hydrogen (secondary N) is 1. The molecule has 1 aliphatic rings. The molecule has 1 N–H and O–H groups in total. The maximum Gasteiger partial charge on any atom is 0.251 e. The Morgan fingerprint density at radius 2 is 1.83 bits per heavy atom. The van der Waals surface area contributed by atoms with Crippen LogP contribution in [0, 0.1) is 5.92 Å². The van der Waals surface area contributed by atoms with Gasteiger partial charge in [-0.1, -0.05) is 0 Å². The van der Waals surface area contributed by atoms with Gasteiger partial charge in [-0.3, -0.25) is 4.79 Å². The molecule has 1 aromatic rings. The van der Waals surface area contributed by atoms with E-state index in [1.54, 1.807) is 18.2 Å². The Hall–Kier alpha value is -1.75. The quantitative estimate of drug-likeness (QED) is 0.839. The van der Waals surface area contributed by atoms with Crippen molar-refractivity contribution in [1.29, 1.82) is 0 Å². The molecule has 1 fully saturated rings. The molecule has 1 aliphatic heterocycles. The van der Waals surface area contributed by atoms with Crippen LogP contribution in [0.15, 0.2) is 18.2 Å². The molecule has 2 rings (SSSR count). The Labute approximate surface area is 139 Å². The smallest absolute Gasteiger partial charge is 0.251 e. The maximum absolute atomic E-state index is 12.4. The predicted molar refractivity (Wildman–Crippen MR) is 91.3 cm³/mol. The highest BCUT2D eigenvalue weighted by Crippen LogP contribution is 2.28. The number of benzene rings is 1. The number of ether oxygens (including phenoxy) is 2. The molecule has 1 aromatic carbocycles. The summed E-state index contributed by atoms with van der Waals surface area (Å²) in [6.45, 7) is 7.92. The van der Waals surface area contributed by atoms with E-state index in [0.717, 1.165) is 32.5 Å². The van der Waals surface area contributed by atoms with E-state index in [9.17, 15) is 4.79 Å². The van der Waals surface area contributed by atoms with Crippen molar-refractivity contribution in [3.05, 3.63) is 23.8 Å². The first-order valence-electron chi connectivity index (χ1n) is 8.50. The topological polar surface area (TPSA) is 50.8 Å². The highest BCUT2D eigenvalue weighted by atomic mass is 16.5. The molecule has 1 amide bonds. The van der Waals surface area contributed by atoms with Gasteiger partial charge in [0.1, 0.15) is 0 Å². The minimum atomic E-state index is -0.0482. The molecule has 0 saturated carbocycles. The van der Waals surface area contributed by atoms with Gasteiger partial charge in [-0.25, -0.2) is 0 Å². The van der Waals surface area contributed by atoms with E-state index in [1.165, 1.54) is 0 Å². The molecule has 23 heavy (non-hydrogen) atoms.